The fraction of sp³-hybridized carbons (Fsp3) is 0.200. The lowest BCUT2D eigenvalue weighted by molar-refractivity contribution is 0.386. The molecule has 0 amide bonds. The third kappa shape index (κ3) is 1.98. The van der Waals surface area contributed by atoms with Gasteiger partial charge >= 0.3 is 0 Å². The lowest BCUT2D eigenvalue weighted by atomic mass is 10.1. The van der Waals surface area contributed by atoms with Crippen LogP contribution in [0.1, 0.15) is 11.6 Å². The predicted octanol–water partition coefficient (Wildman–Crippen LogP) is 1.47. The summed E-state index contributed by atoms with van der Waals surface area (Å²) in [5.74, 6) is 2.05. The fourth-order valence-electron chi connectivity index (χ4n) is 0.972. The van der Waals surface area contributed by atoms with E-state index < -0.39 is 11.9 Å². The number of terminal acetylenes is 1. The molecule has 1 aromatic carbocycles. The van der Waals surface area contributed by atoms with Gasteiger partial charge in [0.1, 0.15) is 0 Å². The summed E-state index contributed by atoms with van der Waals surface area (Å²) >= 11 is 0. The van der Waals surface area contributed by atoms with E-state index >= 15 is 0 Å². The molecule has 0 saturated heterocycles. The van der Waals surface area contributed by atoms with Gasteiger partial charge in [0.25, 0.3) is 0 Å². The zero-order chi connectivity index (χ0) is 9.84. The summed E-state index contributed by atoms with van der Waals surface area (Å²) in [5, 5.41) is 0. The Morgan fingerprint density at radius 2 is 2.31 bits per heavy atom. The first kappa shape index (κ1) is 9.56. The number of hydrogen-bond acceptors (Lipinski definition) is 2. The van der Waals surface area contributed by atoms with Crippen molar-refractivity contribution >= 4 is 0 Å². The second-order valence-electron chi connectivity index (χ2n) is 2.54. The van der Waals surface area contributed by atoms with Crippen LogP contribution in [-0.2, 0) is 0 Å². The fourth-order valence-corrected chi connectivity index (χ4v) is 0.972. The number of benzene rings is 1. The molecule has 3 heteroatoms. The lowest BCUT2D eigenvalue weighted by Crippen LogP contribution is -2.07. The molecule has 0 radical (unpaired) electrons. The molecule has 0 aliphatic rings. The van der Waals surface area contributed by atoms with Crippen LogP contribution in [0.2, 0.25) is 0 Å². The molecule has 2 N–H and O–H groups in total. The van der Waals surface area contributed by atoms with E-state index in [1.54, 1.807) is 6.07 Å². The van der Waals surface area contributed by atoms with Crippen LogP contribution in [-0.4, -0.2) is 7.11 Å². The molecular weight excluding hydrogens is 169 g/mol. The Morgan fingerprint density at radius 1 is 1.62 bits per heavy atom. The molecule has 68 valence electrons. The summed E-state index contributed by atoms with van der Waals surface area (Å²) in [5.41, 5.74) is 6.08. The molecule has 1 aromatic rings. The Morgan fingerprint density at radius 3 is 2.77 bits per heavy atom. The van der Waals surface area contributed by atoms with E-state index in [-0.39, 0.29) is 5.75 Å². The van der Waals surface area contributed by atoms with Gasteiger partial charge < -0.3 is 10.5 Å². The maximum atomic E-state index is 13.1. The van der Waals surface area contributed by atoms with Gasteiger partial charge in [-0.25, -0.2) is 4.39 Å². The molecule has 0 saturated carbocycles. The minimum Gasteiger partial charge on any atom is -0.494 e. The number of nitrogens with two attached hydrogens (primary N) is 1. The van der Waals surface area contributed by atoms with Gasteiger partial charge in [0.2, 0.25) is 0 Å². The Labute approximate surface area is 76.5 Å². The standard InChI is InChI=1S/C10H10FNO/c1-3-9(12)7-4-5-10(13-2)8(11)6-7/h1,4-6,9H,12H2,2H3. The van der Waals surface area contributed by atoms with Gasteiger partial charge in [-0.3, -0.25) is 0 Å². The Hall–Kier alpha value is -1.53. The van der Waals surface area contributed by atoms with Crippen LogP contribution in [0.25, 0.3) is 0 Å². The van der Waals surface area contributed by atoms with Crippen molar-refractivity contribution < 1.29 is 9.13 Å². The van der Waals surface area contributed by atoms with Crippen molar-refractivity contribution in [3.05, 3.63) is 29.6 Å². The van der Waals surface area contributed by atoms with Gasteiger partial charge in [-0.1, -0.05) is 12.0 Å². The number of methoxy groups -OCH3 is 1. The molecule has 0 bridgehead atoms. The van der Waals surface area contributed by atoms with E-state index in [1.807, 2.05) is 0 Å². The zero-order valence-electron chi connectivity index (χ0n) is 7.25. The average Bonchev–Trinajstić information content (AvgIpc) is 2.16. The van der Waals surface area contributed by atoms with E-state index in [0.717, 1.165) is 0 Å². The van der Waals surface area contributed by atoms with Crippen LogP contribution in [0.4, 0.5) is 4.39 Å². The summed E-state index contributed by atoms with van der Waals surface area (Å²) in [6.07, 6.45) is 5.10. The lowest BCUT2D eigenvalue weighted by Gasteiger charge is -2.06. The Bertz CT molecular complexity index is 343. The predicted molar refractivity (Wildman–Crippen MR) is 48.7 cm³/mol. The van der Waals surface area contributed by atoms with Crippen molar-refractivity contribution in [3.63, 3.8) is 0 Å². The molecular formula is C10H10FNO. The molecule has 13 heavy (non-hydrogen) atoms. The molecule has 1 unspecified atom stereocenters. The van der Waals surface area contributed by atoms with Crippen LogP contribution < -0.4 is 10.5 Å². The third-order valence-electron chi connectivity index (χ3n) is 1.71. The highest BCUT2D eigenvalue weighted by Gasteiger charge is 2.06. The maximum Gasteiger partial charge on any atom is 0.165 e. The van der Waals surface area contributed by atoms with Crippen LogP contribution in [0.15, 0.2) is 18.2 Å². The van der Waals surface area contributed by atoms with Crippen molar-refractivity contribution in [2.45, 2.75) is 6.04 Å². The van der Waals surface area contributed by atoms with E-state index in [9.17, 15) is 4.39 Å². The van der Waals surface area contributed by atoms with E-state index in [2.05, 4.69) is 5.92 Å². The summed E-state index contributed by atoms with van der Waals surface area (Å²) in [6.45, 7) is 0. The highest BCUT2D eigenvalue weighted by Crippen LogP contribution is 2.20. The van der Waals surface area contributed by atoms with Gasteiger partial charge in [-0.05, 0) is 17.7 Å². The smallest absolute Gasteiger partial charge is 0.165 e. The van der Waals surface area contributed by atoms with Crippen molar-refractivity contribution in [1.29, 1.82) is 0 Å². The third-order valence-corrected chi connectivity index (χ3v) is 1.71. The zero-order valence-corrected chi connectivity index (χ0v) is 7.25. The van der Waals surface area contributed by atoms with Crippen molar-refractivity contribution in [2.24, 2.45) is 5.73 Å². The Balaban J connectivity index is 3.04. The normalized spacial score (nSPS) is 11.8. The largest absolute Gasteiger partial charge is 0.494 e. The molecule has 0 spiro atoms. The number of hydrogen-bond donors (Lipinski definition) is 1. The van der Waals surface area contributed by atoms with Gasteiger partial charge in [-0.15, -0.1) is 6.42 Å². The highest BCUT2D eigenvalue weighted by atomic mass is 19.1. The quantitative estimate of drug-likeness (QED) is 0.698. The molecule has 1 rings (SSSR count). The average molecular weight is 179 g/mol. The van der Waals surface area contributed by atoms with Gasteiger partial charge in [0.15, 0.2) is 11.6 Å². The minimum absolute atomic E-state index is 0.188. The highest BCUT2D eigenvalue weighted by molar-refractivity contribution is 5.33. The first-order valence-corrected chi connectivity index (χ1v) is 3.74. The number of ether oxygens (including phenoxy) is 1. The Kier molecular flexibility index (Phi) is 2.88. The van der Waals surface area contributed by atoms with Crippen LogP contribution >= 0.6 is 0 Å². The maximum absolute atomic E-state index is 13.1. The number of rotatable bonds is 2. The summed E-state index contributed by atoms with van der Waals surface area (Å²) < 4.78 is 17.8. The summed E-state index contributed by atoms with van der Waals surface area (Å²) in [7, 11) is 1.40. The van der Waals surface area contributed by atoms with Gasteiger partial charge in [0, 0.05) is 0 Å². The van der Waals surface area contributed by atoms with E-state index in [1.165, 1.54) is 19.2 Å². The molecule has 0 heterocycles. The van der Waals surface area contributed by atoms with Crippen LogP contribution in [0.3, 0.4) is 0 Å². The van der Waals surface area contributed by atoms with Crippen molar-refractivity contribution in [1.82, 2.24) is 0 Å². The van der Waals surface area contributed by atoms with Gasteiger partial charge in [-0.2, -0.15) is 0 Å². The molecule has 2 nitrogen and oxygen atoms in total. The topological polar surface area (TPSA) is 35.2 Å². The SMILES string of the molecule is C#CC(N)c1ccc(OC)c(F)c1. The molecule has 1 atom stereocenters. The molecule has 0 aliphatic carbocycles. The second-order valence-corrected chi connectivity index (χ2v) is 2.54. The minimum atomic E-state index is -0.569. The van der Waals surface area contributed by atoms with E-state index in [0.29, 0.717) is 5.56 Å². The first-order chi connectivity index (χ1) is 6.19. The molecule has 0 fully saturated rings. The monoisotopic (exact) mass is 179 g/mol. The summed E-state index contributed by atoms with van der Waals surface area (Å²) in [4.78, 5) is 0. The molecule has 0 aromatic heterocycles. The molecule has 0 aliphatic heterocycles. The second kappa shape index (κ2) is 3.92. The van der Waals surface area contributed by atoms with Gasteiger partial charge in [0.05, 0.1) is 13.2 Å². The van der Waals surface area contributed by atoms with Crippen molar-refractivity contribution in [3.8, 4) is 18.1 Å². The number of halogens is 1. The van der Waals surface area contributed by atoms with Crippen LogP contribution in [0, 0.1) is 18.2 Å². The first-order valence-electron chi connectivity index (χ1n) is 3.74. The van der Waals surface area contributed by atoms with Crippen LogP contribution in [0.5, 0.6) is 5.75 Å². The summed E-state index contributed by atoms with van der Waals surface area (Å²) in [6, 6.07) is 3.86. The van der Waals surface area contributed by atoms with E-state index in [4.69, 9.17) is 16.9 Å². The van der Waals surface area contributed by atoms with Crippen molar-refractivity contribution in [2.75, 3.05) is 7.11 Å².